The zero-order valence-electron chi connectivity index (χ0n) is 11.7. The molecule has 0 bridgehead atoms. The molecule has 3 heteroatoms. The van der Waals surface area contributed by atoms with Crippen molar-refractivity contribution in [3.63, 3.8) is 0 Å². The van der Waals surface area contributed by atoms with Crippen LogP contribution in [0.25, 0.3) is 10.9 Å². The maximum atomic E-state index is 3.57. The molecule has 0 aliphatic carbocycles. The lowest BCUT2D eigenvalue weighted by atomic mass is 10.1. The van der Waals surface area contributed by atoms with Crippen molar-refractivity contribution in [1.29, 1.82) is 0 Å². The van der Waals surface area contributed by atoms with Crippen molar-refractivity contribution < 1.29 is 0 Å². The van der Waals surface area contributed by atoms with Gasteiger partial charge in [-0.15, -0.1) is 0 Å². The second kappa shape index (κ2) is 5.33. The van der Waals surface area contributed by atoms with Crippen molar-refractivity contribution in [3.8, 4) is 0 Å². The fourth-order valence-electron chi connectivity index (χ4n) is 2.56. The Labute approximate surface area is 127 Å². The molecular weight excluding hydrogens is 312 g/mol. The van der Waals surface area contributed by atoms with Gasteiger partial charge in [0, 0.05) is 40.9 Å². The SMILES string of the molecule is Cc1c(Br)cccc1NCc1cn(C)c2ccccc12. The summed E-state index contributed by atoms with van der Waals surface area (Å²) in [5, 5.41) is 4.85. The Morgan fingerprint density at radius 1 is 1.10 bits per heavy atom. The molecule has 0 saturated heterocycles. The Balaban J connectivity index is 1.89. The molecule has 1 heterocycles. The Kier molecular flexibility index (Phi) is 3.53. The van der Waals surface area contributed by atoms with E-state index in [0.717, 1.165) is 11.0 Å². The quantitative estimate of drug-likeness (QED) is 0.726. The highest BCUT2D eigenvalue weighted by molar-refractivity contribution is 9.10. The van der Waals surface area contributed by atoms with E-state index in [4.69, 9.17) is 0 Å². The van der Waals surface area contributed by atoms with Crippen LogP contribution in [0.3, 0.4) is 0 Å². The average molecular weight is 329 g/mol. The molecule has 0 saturated carbocycles. The molecule has 102 valence electrons. The third kappa shape index (κ3) is 2.34. The van der Waals surface area contributed by atoms with Crippen LogP contribution >= 0.6 is 15.9 Å². The number of rotatable bonds is 3. The van der Waals surface area contributed by atoms with Gasteiger partial charge in [0.25, 0.3) is 0 Å². The Hall–Kier alpha value is -1.74. The van der Waals surface area contributed by atoms with Gasteiger partial charge in [-0.2, -0.15) is 0 Å². The highest BCUT2D eigenvalue weighted by Gasteiger charge is 2.06. The first-order valence-corrected chi connectivity index (χ1v) is 7.48. The summed E-state index contributed by atoms with van der Waals surface area (Å²) in [6.07, 6.45) is 2.20. The minimum atomic E-state index is 0.832. The molecular formula is C17H17BrN2. The van der Waals surface area contributed by atoms with Crippen molar-refractivity contribution in [2.24, 2.45) is 7.05 Å². The number of anilines is 1. The average Bonchev–Trinajstić information content (AvgIpc) is 2.78. The molecule has 0 amide bonds. The largest absolute Gasteiger partial charge is 0.381 e. The van der Waals surface area contributed by atoms with Crippen LogP contribution in [-0.4, -0.2) is 4.57 Å². The van der Waals surface area contributed by atoms with Crippen molar-refractivity contribution in [3.05, 3.63) is 64.3 Å². The Bertz CT molecular complexity index is 759. The van der Waals surface area contributed by atoms with Gasteiger partial charge < -0.3 is 9.88 Å². The zero-order chi connectivity index (χ0) is 14.1. The maximum absolute atomic E-state index is 3.57. The summed E-state index contributed by atoms with van der Waals surface area (Å²) in [4.78, 5) is 0. The van der Waals surface area contributed by atoms with Gasteiger partial charge in [0.15, 0.2) is 0 Å². The number of para-hydroxylation sites is 1. The summed E-state index contributed by atoms with van der Waals surface area (Å²) in [6, 6.07) is 14.8. The fraction of sp³-hybridized carbons (Fsp3) is 0.176. The predicted molar refractivity (Wildman–Crippen MR) is 89.1 cm³/mol. The van der Waals surface area contributed by atoms with E-state index >= 15 is 0 Å². The number of aryl methyl sites for hydroxylation is 1. The van der Waals surface area contributed by atoms with E-state index in [1.165, 1.54) is 27.7 Å². The molecule has 0 aliphatic rings. The van der Waals surface area contributed by atoms with Crippen molar-refractivity contribution in [1.82, 2.24) is 4.57 Å². The first kappa shape index (κ1) is 13.3. The van der Waals surface area contributed by atoms with E-state index in [9.17, 15) is 0 Å². The molecule has 0 radical (unpaired) electrons. The van der Waals surface area contributed by atoms with E-state index in [2.05, 4.69) is 88.4 Å². The highest BCUT2D eigenvalue weighted by atomic mass is 79.9. The number of nitrogens with zero attached hydrogens (tertiary/aromatic N) is 1. The summed E-state index contributed by atoms with van der Waals surface area (Å²) in [6.45, 7) is 2.95. The number of nitrogens with one attached hydrogen (secondary N) is 1. The molecule has 1 N–H and O–H groups in total. The number of halogens is 1. The van der Waals surface area contributed by atoms with Crippen LogP contribution in [0.1, 0.15) is 11.1 Å². The van der Waals surface area contributed by atoms with Gasteiger partial charge in [0.1, 0.15) is 0 Å². The molecule has 1 aromatic heterocycles. The molecule has 2 aromatic carbocycles. The molecule has 0 aliphatic heterocycles. The van der Waals surface area contributed by atoms with E-state index in [-0.39, 0.29) is 0 Å². The molecule has 3 aromatic rings. The number of benzene rings is 2. The van der Waals surface area contributed by atoms with E-state index in [1.807, 2.05) is 0 Å². The van der Waals surface area contributed by atoms with Crippen molar-refractivity contribution >= 4 is 32.5 Å². The molecule has 0 spiro atoms. The number of hydrogen-bond donors (Lipinski definition) is 1. The zero-order valence-corrected chi connectivity index (χ0v) is 13.2. The lowest BCUT2D eigenvalue weighted by Gasteiger charge is -2.10. The lowest BCUT2D eigenvalue weighted by molar-refractivity contribution is 0.955. The lowest BCUT2D eigenvalue weighted by Crippen LogP contribution is -2.00. The standard InChI is InChI=1S/C17H17BrN2/c1-12-15(18)7-5-8-16(12)19-10-13-11-20(2)17-9-4-3-6-14(13)17/h3-9,11,19H,10H2,1-2H3. The monoisotopic (exact) mass is 328 g/mol. The van der Waals surface area contributed by atoms with Crippen LogP contribution in [0.4, 0.5) is 5.69 Å². The van der Waals surface area contributed by atoms with E-state index < -0.39 is 0 Å². The molecule has 3 rings (SSSR count). The van der Waals surface area contributed by atoms with Gasteiger partial charge in [0.05, 0.1) is 0 Å². The van der Waals surface area contributed by atoms with Gasteiger partial charge in [-0.05, 0) is 36.2 Å². The van der Waals surface area contributed by atoms with Crippen LogP contribution < -0.4 is 5.32 Å². The summed E-state index contributed by atoms with van der Waals surface area (Å²) < 4.78 is 3.32. The normalized spacial score (nSPS) is 10.9. The number of aromatic nitrogens is 1. The summed E-state index contributed by atoms with van der Waals surface area (Å²) in [5.74, 6) is 0. The first-order valence-electron chi connectivity index (χ1n) is 6.69. The predicted octanol–water partition coefficient (Wildman–Crippen LogP) is 4.86. The molecule has 0 unspecified atom stereocenters. The summed E-state index contributed by atoms with van der Waals surface area (Å²) in [7, 11) is 2.09. The van der Waals surface area contributed by atoms with Gasteiger partial charge in [-0.3, -0.25) is 0 Å². The smallest absolute Gasteiger partial charge is 0.0481 e. The Morgan fingerprint density at radius 3 is 2.75 bits per heavy atom. The third-order valence-electron chi connectivity index (χ3n) is 3.72. The molecule has 20 heavy (non-hydrogen) atoms. The van der Waals surface area contributed by atoms with E-state index in [0.29, 0.717) is 0 Å². The fourth-order valence-corrected chi connectivity index (χ4v) is 2.92. The second-order valence-electron chi connectivity index (χ2n) is 5.05. The molecule has 0 fully saturated rings. The molecule has 2 nitrogen and oxygen atoms in total. The molecule has 0 atom stereocenters. The van der Waals surface area contributed by atoms with Crippen LogP contribution in [-0.2, 0) is 13.6 Å². The van der Waals surface area contributed by atoms with Crippen molar-refractivity contribution in [2.45, 2.75) is 13.5 Å². The van der Waals surface area contributed by atoms with Crippen LogP contribution in [0.2, 0.25) is 0 Å². The minimum Gasteiger partial charge on any atom is -0.381 e. The maximum Gasteiger partial charge on any atom is 0.0481 e. The highest BCUT2D eigenvalue weighted by Crippen LogP contribution is 2.25. The van der Waals surface area contributed by atoms with Crippen LogP contribution in [0, 0.1) is 6.92 Å². The third-order valence-corrected chi connectivity index (χ3v) is 4.58. The second-order valence-corrected chi connectivity index (χ2v) is 5.90. The van der Waals surface area contributed by atoms with Gasteiger partial charge in [-0.1, -0.05) is 40.2 Å². The Morgan fingerprint density at radius 2 is 1.90 bits per heavy atom. The van der Waals surface area contributed by atoms with Gasteiger partial charge in [-0.25, -0.2) is 0 Å². The minimum absolute atomic E-state index is 0.832. The first-order chi connectivity index (χ1) is 9.66. The van der Waals surface area contributed by atoms with Gasteiger partial charge in [0.2, 0.25) is 0 Å². The van der Waals surface area contributed by atoms with Crippen LogP contribution in [0.5, 0.6) is 0 Å². The van der Waals surface area contributed by atoms with Gasteiger partial charge >= 0.3 is 0 Å². The van der Waals surface area contributed by atoms with Crippen LogP contribution in [0.15, 0.2) is 53.1 Å². The number of hydrogen-bond acceptors (Lipinski definition) is 1. The summed E-state index contributed by atoms with van der Waals surface area (Å²) in [5.41, 5.74) is 5.01. The van der Waals surface area contributed by atoms with Crippen molar-refractivity contribution in [2.75, 3.05) is 5.32 Å². The topological polar surface area (TPSA) is 17.0 Å². The summed E-state index contributed by atoms with van der Waals surface area (Å²) >= 11 is 3.57. The number of fused-ring (bicyclic) bond motifs is 1. The van der Waals surface area contributed by atoms with E-state index in [1.54, 1.807) is 0 Å².